The number of benzene rings is 1. The largest absolute Gasteiger partial charge is 0.508 e. The number of aryl methyl sites for hydroxylation is 1. The van der Waals surface area contributed by atoms with E-state index in [1.807, 2.05) is 0 Å². The lowest BCUT2D eigenvalue weighted by atomic mass is 10.1. The minimum Gasteiger partial charge on any atom is -0.508 e. The number of phenolic OH excluding ortho intramolecular Hbond substituents is 1. The number of amides is 1. The van der Waals surface area contributed by atoms with Crippen LogP contribution in [0.4, 0.5) is 0 Å². The zero-order valence-electron chi connectivity index (χ0n) is 11.2. The fourth-order valence-corrected chi connectivity index (χ4v) is 3.30. The molecule has 1 amide bonds. The molecule has 4 heteroatoms. The highest BCUT2D eigenvalue weighted by Crippen LogP contribution is 2.28. The monoisotopic (exact) mass is 260 g/mol. The Morgan fingerprint density at radius 2 is 2.21 bits per heavy atom. The molecule has 0 aliphatic carbocycles. The van der Waals surface area contributed by atoms with Crippen molar-refractivity contribution in [3.05, 3.63) is 29.3 Å². The predicted octanol–water partition coefficient (Wildman–Crippen LogP) is 1.67. The van der Waals surface area contributed by atoms with Crippen LogP contribution in [0, 0.1) is 6.92 Å². The molecule has 2 aliphatic heterocycles. The molecule has 4 nitrogen and oxygen atoms in total. The van der Waals surface area contributed by atoms with E-state index in [9.17, 15) is 9.90 Å². The maximum atomic E-state index is 12.2. The van der Waals surface area contributed by atoms with Gasteiger partial charge >= 0.3 is 0 Å². The second-order valence-corrected chi connectivity index (χ2v) is 5.62. The Balaban J connectivity index is 1.69. The fraction of sp³-hybridized carbons (Fsp3) is 0.533. The van der Waals surface area contributed by atoms with E-state index >= 15 is 0 Å². The predicted molar refractivity (Wildman–Crippen MR) is 73.3 cm³/mol. The molecule has 2 N–H and O–H groups in total. The summed E-state index contributed by atoms with van der Waals surface area (Å²) in [4.78, 5) is 14.7. The molecule has 2 atom stereocenters. The first kappa shape index (κ1) is 12.5. The van der Waals surface area contributed by atoms with Crippen molar-refractivity contribution < 1.29 is 9.90 Å². The third kappa shape index (κ3) is 2.32. The van der Waals surface area contributed by atoms with Gasteiger partial charge < -0.3 is 10.4 Å². The first-order chi connectivity index (χ1) is 9.15. The Morgan fingerprint density at radius 1 is 1.37 bits per heavy atom. The summed E-state index contributed by atoms with van der Waals surface area (Å²) in [6.45, 7) is 4.08. The lowest BCUT2D eigenvalue weighted by Gasteiger charge is -2.21. The van der Waals surface area contributed by atoms with Crippen LogP contribution < -0.4 is 5.32 Å². The van der Waals surface area contributed by atoms with Crippen molar-refractivity contribution in [3.8, 4) is 5.75 Å². The number of aromatic hydroxyl groups is 1. The van der Waals surface area contributed by atoms with Crippen molar-refractivity contribution in [3.63, 3.8) is 0 Å². The van der Waals surface area contributed by atoms with Gasteiger partial charge in [-0.15, -0.1) is 0 Å². The number of carbonyl (C=O) groups excluding carboxylic acids is 1. The molecule has 2 unspecified atom stereocenters. The van der Waals surface area contributed by atoms with Gasteiger partial charge in [0.05, 0.1) is 0 Å². The van der Waals surface area contributed by atoms with E-state index in [1.165, 1.54) is 19.4 Å². The summed E-state index contributed by atoms with van der Waals surface area (Å²) in [6, 6.07) is 5.82. The van der Waals surface area contributed by atoms with E-state index in [0.29, 0.717) is 11.6 Å². The molecule has 0 aromatic heterocycles. The quantitative estimate of drug-likeness (QED) is 0.850. The van der Waals surface area contributed by atoms with Gasteiger partial charge in [-0.1, -0.05) is 0 Å². The van der Waals surface area contributed by atoms with Gasteiger partial charge in [-0.05, 0) is 56.5 Å². The number of rotatable bonds is 2. The van der Waals surface area contributed by atoms with Crippen LogP contribution >= 0.6 is 0 Å². The maximum absolute atomic E-state index is 12.2. The molecule has 1 aromatic carbocycles. The lowest BCUT2D eigenvalue weighted by Crippen LogP contribution is -2.42. The first-order valence-electron chi connectivity index (χ1n) is 6.99. The molecule has 1 aromatic rings. The summed E-state index contributed by atoms with van der Waals surface area (Å²) in [5, 5.41) is 12.6. The Labute approximate surface area is 113 Å². The molecule has 0 radical (unpaired) electrons. The smallest absolute Gasteiger partial charge is 0.251 e. The zero-order chi connectivity index (χ0) is 13.4. The SMILES string of the molecule is Cc1cc(C(=O)NC2CCN3CCCC23)ccc1O. The van der Waals surface area contributed by atoms with Gasteiger partial charge in [0.15, 0.2) is 0 Å². The summed E-state index contributed by atoms with van der Waals surface area (Å²) in [5.74, 6) is 0.209. The van der Waals surface area contributed by atoms with Gasteiger partial charge in [0, 0.05) is 24.2 Å². The minimum atomic E-state index is -0.0261. The molecule has 0 bridgehead atoms. The second-order valence-electron chi connectivity index (χ2n) is 5.62. The zero-order valence-corrected chi connectivity index (χ0v) is 11.2. The lowest BCUT2D eigenvalue weighted by molar-refractivity contribution is 0.0929. The topological polar surface area (TPSA) is 52.6 Å². The van der Waals surface area contributed by atoms with Crippen LogP contribution in [0.3, 0.4) is 0 Å². The molecule has 2 heterocycles. The molecular weight excluding hydrogens is 240 g/mol. The van der Waals surface area contributed by atoms with E-state index in [4.69, 9.17) is 0 Å². The molecular formula is C15H20N2O2. The average molecular weight is 260 g/mol. The van der Waals surface area contributed by atoms with Crippen molar-refractivity contribution in [2.24, 2.45) is 0 Å². The van der Waals surface area contributed by atoms with Crippen LogP contribution in [0.15, 0.2) is 18.2 Å². The number of phenols is 1. The van der Waals surface area contributed by atoms with E-state index in [2.05, 4.69) is 10.2 Å². The number of hydrogen-bond acceptors (Lipinski definition) is 3. The number of carbonyl (C=O) groups is 1. The van der Waals surface area contributed by atoms with Crippen LogP contribution in [0.1, 0.15) is 35.2 Å². The number of nitrogens with zero attached hydrogens (tertiary/aromatic N) is 1. The highest BCUT2D eigenvalue weighted by atomic mass is 16.3. The third-order valence-corrected chi connectivity index (χ3v) is 4.38. The molecule has 2 fully saturated rings. The van der Waals surface area contributed by atoms with E-state index in [0.717, 1.165) is 18.5 Å². The van der Waals surface area contributed by atoms with Gasteiger partial charge in [-0.25, -0.2) is 0 Å². The van der Waals surface area contributed by atoms with Crippen molar-refractivity contribution in [1.29, 1.82) is 0 Å². The second kappa shape index (κ2) is 4.85. The van der Waals surface area contributed by atoms with Gasteiger partial charge in [0.1, 0.15) is 5.75 Å². The van der Waals surface area contributed by atoms with Crippen molar-refractivity contribution in [1.82, 2.24) is 10.2 Å². The molecule has 0 spiro atoms. The van der Waals surface area contributed by atoms with Crippen molar-refractivity contribution >= 4 is 5.91 Å². The molecule has 2 aliphatic rings. The summed E-state index contributed by atoms with van der Waals surface area (Å²) in [6.07, 6.45) is 3.49. The van der Waals surface area contributed by atoms with Gasteiger partial charge in [-0.2, -0.15) is 0 Å². The van der Waals surface area contributed by atoms with Crippen LogP contribution in [0.2, 0.25) is 0 Å². The Kier molecular flexibility index (Phi) is 3.19. The molecule has 3 rings (SSSR count). The third-order valence-electron chi connectivity index (χ3n) is 4.38. The number of hydrogen-bond donors (Lipinski definition) is 2. The van der Waals surface area contributed by atoms with Crippen molar-refractivity contribution in [2.75, 3.05) is 13.1 Å². The standard InChI is InChI=1S/C15H20N2O2/c1-10-9-11(4-5-14(10)18)15(19)16-12-6-8-17-7-2-3-13(12)17/h4-5,9,12-13,18H,2-3,6-8H2,1H3,(H,16,19). The Bertz CT molecular complexity index is 501. The average Bonchev–Trinajstić information content (AvgIpc) is 2.97. The van der Waals surface area contributed by atoms with Crippen molar-refractivity contribution in [2.45, 2.75) is 38.3 Å². The van der Waals surface area contributed by atoms with Crippen LogP contribution in [0.5, 0.6) is 5.75 Å². The summed E-state index contributed by atoms with van der Waals surface area (Å²) < 4.78 is 0. The van der Waals surface area contributed by atoms with Crippen LogP contribution in [0.25, 0.3) is 0 Å². The Morgan fingerprint density at radius 3 is 3.00 bits per heavy atom. The number of fused-ring (bicyclic) bond motifs is 1. The normalized spacial score (nSPS) is 26.4. The molecule has 0 saturated carbocycles. The molecule has 2 saturated heterocycles. The minimum absolute atomic E-state index is 0.0261. The highest BCUT2D eigenvalue weighted by molar-refractivity contribution is 5.94. The Hall–Kier alpha value is -1.55. The van der Waals surface area contributed by atoms with E-state index in [1.54, 1.807) is 25.1 Å². The van der Waals surface area contributed by atoms with Gasteiger partial charge in [-0.3, -0.25) is 9.69 Å². The highest BCUT2D eigenvalue weighted by Gasteiger charge is 2.37. The summed E-state index contributed by atoms with van der Waals surface area (Å²) in [5.41, 5.74) is 1.37. The molecule has 102 valence electrons. The van der Waals surface area contributed by atoms with Crippen LogP contribution in [-0.4, -0.2) is 41.1 Å². The fourth-order valence-electron chi connectivity index (χ4n) is 3.30. The maximum Gasteiger partial charge on any atom is 0.251 e. The van der Waals surface area contributed by atoms with Gasteiger partial charge in [0.25, 0.3) is 5.91 Å². The van der Waals surface area contributed by atoms with Gasteiger partial charge in [0.2, 0.25) is 0 Å². The number of nitrogens with one attached hydrogen (secondary N) is 1. The first-order valence-corrected chi connectivity index (χ1v) is 6.99. The summed E-state index contributed by atoms with van der Waals surface area (Å²) >= 11 is 0. The van der Waals surface area contributed by atoms with Crippen LogP contribution in [-0.2, 0) is 0 Å². The molecule has 19 heavy (non-hydrogen) atoms. The van der Waals surface area contributed by atoms with E-state index in [-0.39, 0.29) is 17.7 Å². The summed E-state index contributed by atoms with van der Waals surface area (Å²) in [7, 11) is 0. The van der Waals surface area contributed by atoms with E-state index < -0.39 is 0 Å².